The molecule has 37 heavy (non-hydrogen) atoms. The first-order valence-corrected chi connectivity index (χ1v) is 14.1. The van der Waals surface area contributed by atoms with Crippen molar-refractivity contribution in [2.75, 3.05) is 7.11 Å². The molecule has 2 fully saturated rings. The summed E-state index contributed by atoms with van der Waals surface area (Å²) in [6, 6.07) is -0.509. The molecule has 3 rings (SSSR count). The Balaban J connectivity index is 1.95. The number of methoxy groups -OCH3 is 1. The zero-order valence-corrected chi connectivity index (χ0v) is 24.2. The number of carbonyl (C=O) groups excluding carboxylic acids is 2. The number of nitrogens with one attached hydrogen (secondary N) is 1. The summed E-state index contributed by atoms with van der Waals surface area (Å²) in [6.07, 6.45) is 1.30. The smallest absolute Gasteiger partial charge is 0.223 e. The Hall–Kier alpha value is -1.65. The molecule has 3 heterocycles. The number of epoxide rings is 1. The summed E-state index contributed by atoms with van der Waals surface area (Å²) in [7, 11) is 1.61. The summed E-state index contributed by atoms with van der Waals surface area (Å²) in [5.74, 6) is -1.40. The maximum Gasteiger partial charge on any atom is 0.223 e. The number of ether oxygens (including phenoxy) is 2. The van der Waals surface area contributed by atoms with E-state index in [4.69, 9.17) is 9.47 Å². The normalized spacial score (nSPS) is 38.1. The molecule has 2 aliphatic rings. The average Bonchev–Trinajstić information content (AvgIpc) is 3.31. The Bertz CT molecular complexity index is 1010. The maximum atomic E-state index is 13.3. The van der Waals surface area contributed by atoms with Crippen molar-refractivity contribution >= 4 is 29.1 Å². The van der Waals surface area contributed by atoms with Gasteiger partial charge >= 0.3 is 0 Å². The van der Waals surface area contributed by atoms with Gasteiger partial charge in [-0.15, -0.1) is 11.3 Å². The number of aliphatic hydroxyl groups is 2. The van der Waals surface area contributed by atoms with Gasteiger partial charge in [0, 0.05) is 18.4 Å². The number of fused-ring (bicyclic) bond motifs is 1. The second-order valence-electron chi connectivity index (χ2n) is 11.7. The minimum atomic E-state index is -1.22. The van der Waals surface area contributed by atoms with Crippen LogP contribution in [0.15, 0.2) is 11.0 Å². The van der Waals surface area contributed by atoms with Crippen LogP contribution in [-0.4, -0.2) is 70.1 Å². The fraction of sp³-hybridized carbons (Fsp3) is 0.750. The van der Waals surface area contributed by atoms with Crippen molar-refractivity contribution < 1.29 is 29.3 Å². The van der Waals surface area contributed by atoms with Gasteiger partial charge in [-0.1, -0.05) is 34.1 Å². The molecule has 9 heteroatoms. The average molecular weight is 537 g/mol. The Morgan fingerprint density at radius 1 is 1.27 bits per heavy atom. The van der Waals surface area contributed by atoms with E-state index in [1.165, 1.54) is 0 Å². The zero-order chi connectivity index (χ0) is 27.7. The molecule has 2 saturated heterocycles. The van der Waals surface area contributed by atoms with Crippen LogP contribution in [0.2, 0.25) is 0 Å². The Morgan fingerprint density at radius 3 is 2.54 bits per heavy atom. The number of aryl methyl sites for hydroxylation is 1. The van der Waals surface area contributed by atoms with Crippen LogP contribution in [0.4, 0.5) is 0 Å². The standard InChI is InChI=1S/C28H44N2O6S/c1-15-10-9-11-28(7)26(36-28)24(35-8)22(16(2)12-19-14-37-18(4)29-19)30-21(32)13-20(31)27(5,6)25(34)17(3)23(15)33/h12,14-15,17,20,22-24,26,31,33H,9-11,13H2,1-8H3,(H,30,32). The molecule has 2 aliphatic heterocycles. The number of aromatic nitrogens is 1. The van der Waals surface area contributed by atoms with E-state index in [1.54, 1.807) is 39.2 Å². The molecule has 0 saturated carbocycles. The fourth-order valence-electron chi connectivity index (χ4n) is 5.54. The van der Waals surface area contributed by atoms with Crippen molar-refractivity contribution in [2.24, 2.45) is 17.3 Å². The lowest BCUT2D eigenvalue weighted by molar-refractivity contribution is -0.143. The van der Waals surface area contributed by atoms with E-state index in [0.29, 0.717) is 0 Å². The van der Waals surface area contributed by atoms with Gasteiger partial charge in [0.05, 0.1) is 46.4 Å². The first-order valence-electron chi connectivity index (χ1n) is 13.2. The minimum Gasteiger partial charge on any atom is -0.392 e. The van der Waals surface area contributed by atoms with Crippen molar-refractivity contribution in [1.29, 1.82) is 0 Å². The SMILES string of the molecule is COC1C(C(C)=Cc2csc(C)n2)NC(=O)CC(O)C(C)(C)C(=O)C(C)C(O)C(C)CCCC2(C)OC12. The van der Waals surface area contributed by atoms with E-state index in [9.17, 15) is 19.8 Å². The maximum absolute atomic E-state index is 13.3. The van der Waals surface area contributed by atoms with Gasteiger partial charge in [-0.25, -0.2) is 4.98 Å². The first-order chi connectivity index (χ1) is 17.2. The lowest BCUT2D eigenvalue weighted by atomic mass is 9.72. The summed E-state index contributed by atoms with van der Waals surface area (Å²) in [5.41, 5.74) is 0.0567. The van der Waals surface area contributed by atoms with Crippen LogP contribution >= 0.6 is 11.3 Å². The van der Waals surface area contributed by atoms with Gasteiger partial charge in [-0.2, -0.15) is 0 Å². The Labute approximate surface area is 224 Å². The molecule has 1 amide bonds. The number of rotatable bonds is 3. The molecular formula is C28H44N2O6S. The number of hydrogen-bond donors (Lipinski definition) is 3. The van der Waals surface area contributed by atoms with Crippen LogP contribution in [0, 0.1) is 24.2 Å². The highest BCUT2D eigenvalue weighted by atomic mass is 32.1. The van der Waals surface area contributed by atoms with Crippen LogP contribution in [-0.2, 0) is 19.1 Å². The van der Waals surface area contributed by atoms with Crippen LogP contribution in [0.5, 0.6) is 0 Å². The summed E-state index contributed by atoms with van der Waals surface area (Å²) in [6.45, 7) is 12.8. The molecule has 8 unspecified atom stereocenters. The second kappa shape index (κ2) is 11.6. The molecule has 1 aromatic rings. The van der Waals surface area contributed by atoms with Gasteiger partial charge in [0.15, 0.2) is 0 Å². The highest BCUT2D eigenvalue weighted by Crippen LogP contribution is 2.45. The Kier molecular flexibility index (Phi) is 9.39. The molecule has 0 aromatic carbocycles. The third kappa shape index (κ3) is 6.68. The molecule has 208 valence electrons. The molecule has 8 nitrogen and oxygen atoms in total. The van der Waals surface area contributed by atoms with Crippen molar-refractivity contribution in [2.45, 2.75) is 110 Å². The predicted octanol–water partition coefficient (Wildman–Crippen LogP) is 3.68. The monoisotopic (exact) mass is 536 g/mol. The first kappa shape index (κ1) is 29.9. The molecular weight excluding hydrogens is 492 g/mol. The van der Waals surface area contributed by atoms with Crippen molar-refractivity contribution in [3.8, 4) is 0 Å². The number of hydrogen-bond acceptors (Lipinski definition) is 8. The largest absolute Gasteiger partial charge is 0.392 e. The minimum absolute atomic E-state index is 0.0957. The summed E-state index contributed by atoms with van der Waals surface area (Å²) >= 11 is 1.55. The molecule has 8 atom stereocenters. The predicted molar refractivity (Wildman–Crippen MR) is 144 cm³/mol. The van der Waals surface area contributed by atoms with Gasteiger partial charge in [0.2, 0.25) is 5.91 Å². The fourth-order valence-corrected chi connectivity index (χ4v) is 6.11. The molecule has 0 aliphatic carbocycles. The van der Waals surface area contributed by atoms with Gasteiger partial charge < -0.3 is 25.0 Å². The zero-order valence-electron chi connectivity index (χ0n) is 23.4. The van der Waals surface area contributed by atoms with Gasteiger partial charge in [-0.3, -0.25) is 9.59 Å². The van der Waals surface area contributed by atoms with Crippen molar-refractivity contribution in [1.82, 2.24) is 10.3 Å². The quantitative estimate of drug-likeness (QED) is 0.504. The van der Waals surface area contributed by atoms with Gasteiger partial charge in [0.1, 0.15) is 18.0 Å². The number of amides is 1. The van der Waals surface area contributed by atoms with Crippen LogP contribution < -0.4 is 5.32 Å². The molecule has 3 N–H and O–H groups in total. The summed E-state index contributed by atoms with van der Waals surface area (Å²) in [5, 5.41) is 27.9. The number of nitrogens with zero attached hydrogens (tertiary/aromatic N) is 1. The number of Topliss-reactive ketones (excluding diaryl/α,β-unsaturated/α-hetero) is 1. The van der Waals surface area contributed by atoms with E-state index in [2.05, 4.69) is 10.3 Å². The molecule has 0 spiro atoms. The molecule has 1 aromatic heterocycles. The van der Waals surface area contributed by atoms with Crippen LogP contribution in [0.25, 0.3) is 6.08 Å². The number of ketones is 1. The number of aliphatic hydroxyl groups excluding tert-OH is 2. The lowest BCUT2D eigenvalue weighted by Crippen LogP contribution is -2.51. The van der Waals surface area contributed by atoms with E-state index in [-0.39, 0.29) is 24.2 Å². The van der Waals surface area contributed by atoms with Crippen LogP contribution in [0.1, 0.15) is 77.9 Å². The lowest BCUT2D eigenvalue weighted by Gasteiger charge is -2.35. The summed E-state index contributed by atoms with van der Waals surface area (Å²) < 4.78 is 12.1. The third-order valence-electron chi connectivity index (χ3n) is 8.35. The molecule has 0 radical (unpaired) electrons. The molecule has 0 bridgehead atoms. The number of thiazole rings is 1. The third-order valence-corrected chi connectivity index (χ3v) is 9.14. The van der Waals surface area contributed by atoms with Crippen molar-refractivity contribution in [3.63, 3.8) is 0 Å². The second-order valence-corrected chi connectivity index (χ2v) is 12.8. The van der Waals surface area contributed by atoms with E-state index >= 15 is 0 Å². The Morgan fingerprint density at radius 2 is 1.95 bits per heavy atom. The summed E-state index contributed by atoms with van der Waals surface area (Å²) in [4.78, 5) is 31.1. The van der Waals surface area contributed by atoms with Crippen molar-refractivity contribution in [3.05, 3.63) is 21.7 Å². The van der Waals surface area contributed by atoms with E-state index < -0.39 is 47.2 Å². The number of carbonyl (C=O) groups is 2. The topological polar surface area (TPSA) is 121 Å². The highest BCUT2D eigenvalue weighted by Gasteiger charge is 2.58. The van der Waals surface area contributed by atoms with E-state index in [0.717, 1.165) is 35.5 Å². The highest BCUT2D eigenvalue weighted by molar-refractivity contribution is 7.09. The van der Waals surface area contributed by atoms with Gasteiger partial charge in [0.25, 0.3) is 0 Å². The van der Waals surface area contributed by atoms with E-state index in [1.807, 2.05) is 39.2 Å². The van der Waals surface area contributed by atoms with Crippen LogP contribution in [0.3, 0.4) is 0 Å². The van der Waals surface area contributed by atoms with Gasteiger partial charge in [-0.05, 0) is 51.2 Å².